The number of hydrogen-bond acceptors (Lipinski definition) is 5. The monoisotopic (exact) mass is 340 g/mol. The lowest BCUT2D eigenvalue weighted by Gasteiger charge is -2.28. The van der Waals surface area contributed by atoms with Crippen LogP contribution in [0, 0.1) is 5.92 Å². The Morgan fingerprint density at radius 2 is 2.08 bits per heavy atom. The second kappa shape index (κ2) is 6.27. The van der Waals surface area contributed by atoms with Gasteiger partial charge in [0, 0.05) is 12.1 Å². The highest BCUT2D eigenvalue weighted by Crippen LogP contribution is 2.50. The lowest BCUT2D eigenvalue weighted by Crippen LogP contribution is -2.39. The van der Waals surface area contributed by atoms with Gasteiger partial charge in [0.25, 0.3) is 0 Å². The highest BCUT2D eigenvalue weighted by Gasteiger charge is 2.47. The summed E-state index contributed by atoms with van der Waals surface area (Å²) in [7, 11) is 3.24. The zero-order chi connectivity index (χ0) is 17.4. The maximum Gasteiger partial charge on any atom is 0.238 e. The minimum Gasteiger partial charge on any atom is -0.493 e. The number of methoxy groups -OCH3 is 2. The van der Waals surface area contributed by atoms with Crippen LogP contribution in [0.4, 0.5) is 5.69 Å². The first-order chi connectivity index (χ1) is 12.2. The van der Waals surface area contributed by atoms with Crippen LogP contribution in [0.25, 0.3) is 0 Å². The quantitative estimate of drug-likeness (QED) is 0.856. The number of amides is 1. The van der Waals surface area contributed by atoms with Crippen LogP contribution in [0.2, 0.25) is 0 Å². The average Bonchev–Trinajstić information content (AvgIpc) is 3.47. The number of nitrogens with zero attached hydrogens (tertiary/aromatic N) is 2. The van der Waals surface area contributed by atoms with Gasteiger partial charge in [0.2, 0.25) is 11.8 Å². The molecule has 1 saturated carbocycles. The van der Waals surface area contributed by atoms with E-state index in [0.29, 0.717) is 30.5 Å². The van der Waals surface area contributed by atoms with E-state index in [0.717, 1.165) is 17.7 Å². The Labute approximate surface area is 146 Å². The van der Waals surface area contributed by atoms with Gasteiger partial charge in [0.15, 0.2) is 11.5 Å². The normalized spacial score (nSPS) is 21.1. The Bertz CT molecular complexity index is 808. The van der Waals surface area contributed by atoms with Crippen LogP contribution < -0.4 is 19.1 Å². The molecule has 0 spiro atoms. The fraction of sp³-hybridized carbons (Fsp3) is 0.368. The molecule has 0 bridgehead atoms. The van der Waals surface area contributed by atoms with Crippen molar-refractivity contribution in [1.82, 2.24) is 4.98 Å². The topological polar surface area (TPSA) is 60.9 Å². The number of carbonyl (C=O) groups excluding carboxylic acids is 1. The van der Waals surface area contributed by atoms with Crippen LogP contribution in [0.1, 0.15) is 17.9 Å². The summed E-state index contributed by atoms with van der Waals surface area (Å²) >= 11 is 0. The molecule has 0 saturated heterocycles. The molecule has 6 heteroatoms. The van der Waals surface area contributed by atoms with Crippen molar-refractivity contribution in [1.29, 1.82) is 0 Å². The highest BCUT2D eigenvalue weighted by atomic mass is 16.5. The molecule has 4 rings (SSSR count). The number of ether oxygens (including phenoxy) is 3. The number of aromatic nitrogens is 1. The second-order valence-electron chi connectivity index (χ2n) is 6.23. The summed E-state index contributed by atoms with van der Waals surface area (Å²) in [6, 6.07) is 9.57. The van der Waals surface area contributed by atoms with Gasteiger partial charge in [-0.05, 0) is 42.2 Å². The molecule has 25 heavy (non-hydrogen) atoms. The molecular formula is C19H20N2O4. The van der Waals surface area contributed by atoms with Gasteiger partial charge >= 0.3 is 0 Å². The third-order valence-electron chi connectivity index (χ3n) is 4.80. The van der Waals surface area contributed by atoms with Crippen LogP contribution in [-0.2, 0) is 4.79 Å². The van der Waals surface area contributed by atoms with E-state index >= 15 is 0 Å². The summed E-state index contributed by atoms with van der Waals surface area (Å²) in [6.45, 7) is 1.04. The zero-order valence-electron chi connectivity index (χ0n) is 14.3. The Balaban J connectivity index is 1.53. The largest absolute Gasteiger partial charge is 0.493 e. The summed E-state index contributed by atoms with van der Waals surface area (Å²) < 4.78 is 16.2. The van der Waals surface area contributed by atoms with Crippen molar-refractivity contribution >= 4 is 11.6 Å². The Hall–Kier alpha value is -2.76. The highest BCUT2D eigenvalue weighted by molar-refractivity contribution is 5.98. The molecule has 1 aliphatic carbocycles. The minimum absolute atomic E-state index is 0.00995. The van der Waals surface area contributed by atoms with Crippen molar-refractivity contribution in [2.75, 3.05) is 32.3 Å². The molecule has 2 aliphatic rings. The van der Waals surface area contributed by atoms with Gasteiger partial charge in [-0.25, -0.2) is 4.98 Å². The van der Waals surface area contributed by atoms with Crippen LogP contribution >= 0.6 is 0 Å². The Kier molecular flexibility index (Phi) is 3.95. The number of anilines is 1. The van der Waals surface area contributed by atoms with Gasteiger partial charge < -0.3 is 19.1 Å². The lowest BCUT2D eigenvalue weighted by atomic mass is 10.1. The fourth-order valence-corrected chi connectivity index (χ4v) is 3.40. The zero-order valence-corrected chi connectivity index (χ0v) is 14.3. The molecule has 6 nitrogen and oxygen atoms in total. The van der Waals surface area contributed by atoms with Crippen LogP contribution in [-0.4, -0.2) is 38.3 Å². The number of benzene rings is 1. The van der Waals surface area contributed by atoms with Crippen LogP contribution in [0.15, 0.2) is 36.5 Å². The number of fused-ring (bicyclic) bond motifs is 1. The van der Waals surface area contributed by atoms with Gasteiger partial charge in [0.05, 0.1) is 20.8 Å². The van der Waals surface area contributed by atoms with E-state index in [9.17, 15) is 4.79 Å². The molecule has 2 aromatic rings. The predicted molar refractivity (Wildman–Crippen MR) is 92.5 cm³/mol. The summed E-state index contributed by atoms with van der Waals surface area (Å²) in [5.41, 5.74) is 1.87. The molecule has 2 heterocycles. The summed E-state index contributed by atoms with van der Waals surface area (Å²) in [5.74, 6) is 2.27. The third kappa shape index (κ3) is 2.77. The number of pyridine rings is 1. The van der Waals surface area contributed by atoms with Gasteiger partial charge in [-0.3, -0.25) is 4.79 Å². The SMILES string of the molecule is COc1ccc(C2CC2C(=O)N2CCOc3ncccc32)cc1OC. The molecular weight excluding hydrogens is 320 g/mol. The van der Waals surface area contributed by atoms with Gasteiger partial charge in [-0.1, -0.05) is 6.07 Å². The minimum atomic E-state index is -0.00995. The smallest absolute Gasteiger partial charge is 0.238 e. The first-order valence-electron chi connectivity index (χ1n) is 8.34. The first-order valence-corrected chi connectivity index (χ1v) is 8.34. The fourth-order valence-electron chi connectivity index (χ4n) is 3.40. The Morgan fingerprint density at radius 1 is 1.24 bits per heavy atom. The third-order valence-corrected chi connectivity index (χ3v) is 4.80. The van der Waals surface area contributed by atoms with Gasteiger partial charge in [-0.15, -0.1) is 0 Å². The Morgan fingerprint density at radius 3 is 2.88 bits per heavy atom. The van der Waals surface area contributed by atoms with Crippen LogP contribution in [0.5, 0.6) is 17.4 Å². The van der Waals surface area contributed by atoms with E-state index in [1.165, 1.54) is 0 Å². The average molecular weight is 340 g/mol. The van der Waals surface area contributed by atoms with Crippen molar-refractivity contribution < 1.29 is 19.0 Å². The summed E-state index contributed by atoms with van der Waals surface area (Å²) in [6.07, 6.45) is 2.53. The number of rotatable bonds is 4. The van der Waals surface area contributed by atoms with Crippen molar-refractivity contribution in [3.05, 3.63) is 42.1 Å². The number of carbonyl (C=O) groups is 1. The molecule has 130 valence electrons. The molecule has 1 aromatic heterocycles. The van der Waals surface area contributed by atoms with E-state index in [1.54, 1.807) is 25.3 Å². The van der Waals surface area contributed by atoms with E-state index < -0.39 is 0 Å². The molecule has 1 aliphatic heterocycles. The van der Waals surface area contributed by atoms with Crippen molar-refractivity contribution in [2.24, 2.45) is 5.92 Å². The summed E-state index contributed by atoms with van der Waals surface area (Å²) in [5, 5.41) is 0. The van der Waals surface area contributed by atoms with E-state index in [1.807, 2.05) is 30.3 Å². The first kappa shape index (κ1) is 15.7. The summed E-state index contributed by atoms with van der Waals surface area (Å²) in [4.78, 5) is 19.0. The van der Waals surface area contributed by atoms with Gasteiger partial charge in [0.1, 0.15) is 12.3 Å². The predicted octanol–water partition coefficient (Wildman–Crippen LogP) is 2.63. The lowest BCUT2D eigenvalue weighted by molar-refractivity contribution is -0.120. The van der Waals surface area contributed by atoms with E-state index in [2.05, 4.69) is 4.98 Å². The van der Waals surface area contributed by atoms with Crippen LogP contribution in [0.3, 0.4) is 0 Å². The van der Waals surface area contributed by atoms with E-state index in [4.69, 9.17) is 14.2 Å². The molecule has 0 N–H and O–H groups in total. The molecule has 2 unspecified atom stereocenters. The molecule has 1 amide bonds. The maximum absolute atomic E-state index is 13.0. The standard InChI is InChI=1S/C19H20N2O4/c1-23-16-6-5-12(10-17(16)24-2)13-11-14(13)19(22)21-8-9-25-18-15(21)4-3-7-20-18/h3-7,10,13-14H,8-9,11H2,1-2H3. The molecule has 1 aromatic carbocycles. The van der Waals surface area contributed by atoms with Crippen molar-refractivity contribution in [3.63, 3.8) is 0 Å². The van der Waals surface area contributed by atoms with Crippen molar-refractivity contribution in [3.8, 4) is 17.4 Å². The molecule has 2 atom stereocenters. The number of hydrogen-bond donors (Lipinski definition) is 0. The molecule has 0 radical (unpaired) electrons. The van der Waals surface area contributed by atoms with Crippen molar-refractivity contribution in [2.45, 2.75) is 12.3 Å². The molecule has 1 fully saturated rings. The van der Waals surface area contributed by atoms with Gasteiger partial charge in [-0.2, -0.15) is 0 Å². The maximum atomic E-state index is 13.0. The van der Waals surface area contributed by atoms with E-state index in [-0.39, 0.29) is 17.7 Å². The second-order valence-corrected chi connectivity index (χ2v) is 6.23.